The number of sulfonamides is 1. The van der Waals surface area contributed by atoms with Gasteiger partial charge in [-0.3, -0.25) is 0 Å². The van der Waals surface area contributed by atoms with Crippen LogP contribution in [0.1, 0.15) is 19.8 Å². The van der Waals surface area contributed by atoms with Crippen molar-refractivity contribution in [3.8, 4) is 23.0 Å². The van der Waals surface area contributed by atoms with Crippen molar-refractivity contribution in [3.63, 3.8) is 0 Å². The Morgan fingerprint density at radius 2 is 2.00 bits per heavy atom. The van der Waals surface area contributed by atoms with Crippen LogP contribution < -0.4 is 20.9 Å². The van der Waals surface area contributed by atoms with E-state index >= 15 is 0 Å². The summed E-state index contributed by atoms with van der Waals surface area (Å²) in [4.78, 5) is 11.0. The second kappa shape index (κ2) is 8.28. The van der Waals surface area contributed by atoms with E-state index in [2.05, 4.69) is 15.5 Å². The summed E-state index contributed by atoms with van der Waals surface area (Å²) >= 11 is 0. The summed E-state index contributed by atoms with van der Waals surface area (Å²) < 4.78 is 35.3. The lowest BCUT2D eigenvalue weighted by atomic mass is 10.1. The molecule has 2 aromatic carbocycles. The molecule has 4 N–H and O–H groups in total. The number of benzene rings is 2. The Balaban J connectivity index is 2.17. The van der Waals surface area contributed by atoms with Crippen LogP contribution in [-0.4, -0.2) is 25.2 Å². The van der Waals surface area contributed by atoms with Crippen molar-refractivity contribution in [2.75, 3.05) is 11.9 Å². The molecule has 0 saturated carbocycles. The number of aromatic nitrogens is 2. The third-order valence-corrected chi connectivity index (χ3v) is 4.77. The smallest absolute Gasteiger partial charge is 0.434 e. The van der Waals surface area contributed by atoms with Crippen LogP contribution in [0, 0.1) is 0 Å². The Morgan fingerprint density at radius 3 is 2.61 bits per heavy atom. The second-order valence-corrected chi connectivity index (χ2v) is 7.54. The van der Waals surface area contributed by atoms with Crippen LogP contribution in [0.3, 0.4) is 0 Å². The van der Waals surface area contributed by atoms with Gasteiger partial charge >= 0.3 is 5.76 Å². The Bertz CT molecular complexity index is 1110. The number of aromatic amines is 1. The summed E-state index contributed by atoms with van der Waals surface area (Å²) in [6.45, 7) is 2.62. The maximum Gasteiger partial charge on any atom is 0.434 e. The molecule has 0 unspecified atom stereocenters. The molecule has 10 heteroatoms. The first-order chi connectivity index (χ1) is 13.4. The van der Waals surface area contributed by atoms with Crippen molar-refractivity contribution in [2.45, 2.75) is 24.7 Å². The number of rotatable bonds is 8. The number of hydrogen-bond donors (Lipinski definition) is 3. The summed E-state index contributed by atoms with van der Waals surface area (Å²) in [5, 5.41) is 14.5. The normalized spacial score (nSPS) is 11.4. The average molecular weight is 404 g/mol. The van der Waals surface area contributed by atoms with Crippen LogP contribution in [0.15, 0.2) is 56.6 Å². The van der Waals surface area contributed by atoms with Gasteiger partial charge in [-0.05, 0) is 30.7 Å². The highest BCUT2D eigenvalue weighted by molar-refractivity contribution is 7.89. The zero-order valence-electron chi connectivity index (χ0n) is 15.1. The van der Waals surface area contributed by atoms with Crippen molar-refractivity contribution in [3.05, 3.63) is 53.0 Å². The highest BCUT2D eigenvalue weighted by atomic mass is 32.2. The van der Waals surface area contributed by atoms with Crippen LogP contribution >= 0.6 is 0 Å². The summed E-state index contributed by atoms with van der Waals surface area (Å²) in [7, 11) is -4.15. The first kappa shape index (κ1) is 19.6. The van der Waals surface area contributed by atoms with Gasteiger partial charge in [0.15, 0.2) is 5.75 Å². The quantitative estimate of drug-likeness (QED) is 0.490. The molecule has 0 aliphatic heterocycles. The molecule has 148 valence electrons. The van der Waals surface area contributed by atoms with Crippen molar-refractivity contribution in [1.82, 2.24) is 10.2 Å². The van der Waals surface area contributed by atoms with Gasteiger partial charge in [-0.25, -0.2) is 23.4 Å². The number of hydrogen-bond acceptors (Lipinski definition) is 7. The van der Waals surface area contributed by atoms with Crippen LogP contribution in [0.4, 0.5) is 5.69 Å². The molecule has 0 saturated heterocycles. The van der Waals surface area contributed by atoms with Gasteiger partial charge in [-0.15, -0.1) is 5.10 Å². The van der Waals surface area contributed by atoms with Gasteiger partial charge in [0.1, 0.15) is 10.6 Å². The Hall–Kier alpha value is -3.11. The number of nitrogens with one attached hydrogen (secondary N) is 2. The molecule has 1 heterocycles. The molecule has 0 aliphatic rings. The fourth-order valence-electron chi connectivity index (χ4n) is 2.53. The van der Waals surface area contributed by atoms with E-state index in [4.69, 9.17) is 14.3 Å². The molecular weight excluding hydrogens is 384 g/mol. The van der Waals surface area contributed by atoms with Gasteiger partial charge in [0, 0.05) is 12.1 Å². The third kappa shape index (κ3) is 4.59. The Kier molecular flexibility index (Phi) is 5.81. The van der Waals surface area contributed by atoms with E-state index < -0.39 is 15.8 Å². The predicted octanol–water partition coefficient (Wildman–Crippen LogP) is 2.68. The average Bonchev–Trinajstić information content (AvgIpc) is 3.09. The van der Waals surface area contributed by atoms with Gasteiger partial charge in [0.2, 0.25) is 15.9 Å². The van der Waals surface area contributed by atoms with Crippen molar-refractivity contribution in [1.29, 1.82) is 0 Å². The number of nitrogens with two attached hydrogens (primary N) is 1. The highest BCUT2D eigenvalue weighted by Gasteiger charge is 2.23. The van der Waals surface area contributed by atoms with Gasteiger partial charge in [-0.1, -0.05) is 31.5 Å². The van der Waals surface area contributed by atoms with E-state index in [9.17, 15) is 13.2 Å². The summed E-state index contributed by atoms with van der Waals surface area (Å²) in [6, 6.07) is 11.6. The van der Waals surface area contributed by atoms with E-state index in [0.29, 0.717) is 18.0 Å². The summed E-state index contributed by atoms with van der Waals surface area (Å²) in [6.07, 6.45) is 1.80. The SMILES string of the molecule is CCCCNc1cc(-c2n[nH]c(=O)o2)cc(S(N)(=O)=O)c1Oc1ccccc1. The molecule has 9 nitrogen and oxygen atoms in total. The first-order valence-corrected chi connectivity index (χ1v) is 10.2. The number of anilines is 1. The van der Waals surface area contributed by atoms with Gasteiger partial charge in [-0.2, -0.15) is 0 Å². The number of H-pyrrole nitrogens is 1. The molecule has 0 radical (unpaired) electrons. The van der Waals surface area contributed by atoms with Gasteiger partial charge in [0.05, 0.1) is 5.69 Å². The minimum atomic E-state index is -4.15. The van der Waals surface area contributed by atoms with Crippen molar-refractivity contribution < 1.29 is 17.6 Å². The second-order valence-electron chi connectivity index (χ2n) is 6.01. The fourth-order valence-corrected chi connectivity index (χ4v) is 3.23. The number of para-hydroxylation sites is 1. The minimum absolute atomic E-state index is 0.0558. The molecule has 1 aromatic heterocycles. The molecule has 0 atom stereocenters. The minimum Gasteiger partial charge on any atom is -0.454 e. The zero-order chi connectivity index (χ0) is 20.1. The molecular formula is C18H20N4O5S. The van der Waals surface area contributed by atoms with E-state index in [-0.39, 0.29) is 22.1 Å². The largest absolute Gasteiger partial charge is 0.454 e. The van der Waals surface area contributed by atoms with E-state index in [1.165, 1.54) is 6.07 Å². The Morgan fingerprint density at radius 1 is 1.25 bits per heavy atom. The number of ether oxygens (including phenoxy) is 1. The van der Waals surface area contributed by atoms with Crippen LogP contribution in [0.2, 0.25) is 0 Å². The van der Waals surface area contributed by atoms with Crippen molar-refractivity contribution in [2.24, 2.45) is 5.14 Å². The summed E-state index contributed by atoms with van der Waals surface area (Å²) in [5.74, 6) is -0.298. The molecule has 0 aliphatic carbocycles. The topological polar surface area (TPSA) is 140 Å². The maximum atomic E-state index is 12.3. The number of unbranched alkanes of at least 4 members (excludes halogenated alkanes) is 1. The maximum absolute atomic E-state index is 12.3. The molecule has 0 amide bonds. The van der Waals surface area contributed by atoms with E-state index in [1.54, 1.807) is 30.3 Å². The van der Waals surface area contributed by atoms with Gasteiger partial charge in [0.25, 0.3) is 0 Å². The van der Waals surface area contributed by atoms with Crippen LogP contribution in [-0.2, 0) is 10.0 Å². The van der Waals surface area contributed by atoms with E-state index in [0.717, 1.165) is 12.8 Å². The lowest BCUT2D eigenvalue weighted by molar-refractivity contribution is 0.469. The van der Waals surface area contributed by atoms with Crippen molar-refractivity contribution >= 4 is 15.7 Å². The molecule has 0 bridgehead atoms. The lowest BCUT2D eigenvalue weighted by Gasteiger charge is -2.17. The Labute approximate surface area is 161 Å². The van der Waals surface area contributed by atoms with Crippen LogP contribution in [0.5, 0.6) is 11.5 Å². The number of nitrogens with zero attached hydrogens (tertiary/aromatic N) is 1. The lowest BCUT2D eigenvalue weighted by Crippen LogP contribution is -2.15. The molecule has 0 fully saturated rings. The van der Waals surface area contributed by atoms with E-state index in [1.807, 2.05) is 13.0 Å². The third-order valence-electron chi connectivity index (χ3n) is 3.86. The van der Waals surface area contributed by atoms with Gasteiger partial charge < -0.3 is 14.5 Å². The zero-order valence-corrected chi connectivity index (χ0v) is 16.0. The first-order valence-electron chi connectivity index (χ1n) is 8.62. The fraction of sp³-hybridized carbons (Fsp3) is 0.222. The van der Waals surface area contributed by atoms with Crippen LogP contribution in [0.25, 0.3) is 11.5 Å². The highest BCUT2D eigenvalue weighted by Crippen LogP contribution is 2.39. The number of primary sulfonamides is 1. The standard InChI is InChI=1S/C18H20N4O5S/c1-2-3-9-20-14-10-12(17-21-22-18(23)27-17)11-15(28(19,24)25)16(14)26-13-7-5-4-6-8-13/h4-8,10-11,20H,2-3,9H2,1H3,(H,22,23)(H2,19,24,25). The predicted molar refractivity (Wildman–Crippen MR) is 104 cm³/mol. The molecule has 3 aromatic rings. The monoisotopic (exact) mass is 404 g/mol. The summed E-state index contributed by atoms with van der Waals surface area (Å²) in [5.41, 5.74) is 0.659. The molecule has 3 rings (SSSR count). The molecule has 0 spiro atoms. The molecule has 28 heavy (non-hydrogen) atoms.